The van der Waals surface area contributed by atoms with E-state index in [9.17, 15) is 0 Å². The fraction of sp³-hybridized carbons (Fsp3) is 0.0175. The summed E-state index contributed by atoms with van der Waals surface area (Å²) in [5, 5.41) is 11.9. The van der Waals surface area contributed by atoms with Gasteiger partial charge in [-0.1, -0.05) is 218 Å². The van der Waals surface area contributed by atoms with Crippen LogP contribution in [0.15, 0.2) is 218 Å². The zero-order chi connectivity index (χ0) is 38.2. The standard InChI is InChI=1S/C57H36O/c1-2-15-37(16-3-1)38-29-33-41(34-30-38)57(42-35-31-40(32-36-42)44-28-14-18-39-17-4-5-19-43(39)44)53-49-24-10-6-20-45(49)47-22-8-12-26-51(47)55(53)58-56-52-27-13-9-23-48(52)46-21-7-11-25-50(46)54(56)57/h1-36H. The zero-order valence-electron chi connectivity index (χ0n) is 31.7. The van der Waals surface area contributed by atoms with Crippen molar-refractivity contribution in [3.63, 3.8) is 0 Å². The predicted octanol–water partition coefficient (Wildman–Crippen LogP) is 15.3. The molecule has 0 aliphatic carbocycles. The van der Waals surface area contributed by atoms with Crippen molar-refractivity contribution in [3.05, 3.63) is 241 Å². The van der Waals surface area contributed by atoms with Crippen LogP contribution in [0, 0.1) is 0 Å². The lowest BCUT2D eigenvalue weighted by Gasteiger charge is -2.44. The van der Waals surface area contributed by atoms with Crippen molar-refractivity contribution in [2.75, 3.05) is 0 Å². The summed E-state index contributed by atoms with van der Waals surface area (Å²) in [5.74, 6) is 1.82. The molecule has 0 unspecified atom stereocenters. The van der Waals surface area contributed by atoms with Crippen LogP contribution in [0.1, 0.15) is 22.3 Å². The number of hydrogen-bond acceptors (Lipinski definition) is 1. The van der Waals surface area contributed by atoms with Crippen LogP contribution in [0.5, 0.6) is 11.5 Å². The summed E-state index contributed by atoms with van der Waals surface area (Å²) < 4.78 is 7.55. The van der Waals surface area contributed by atoms with Crippen LogP contribution in [0.3, 0.4) is 0 Å². The molecule has 0 fully saturated rings. The molecular weight excluding hydrogens is 701 g/mol. The molecule has 1 heteroatoms. The molecule has 0 radical (unpaired) electrons. The first-order valence-electron chi connectivity index (χ1n) is 20.1. The van der Waals surface area contributed by atoms with Crippen molar-refractivity contribution in [2.45, 2.75) is 5.41 Å². The Balaban J connectivity index is 1.27. The molecule has 58 heavy (non-hydrogen) atoms. The average molecular weight is 737 g/mol. The van der Waals surface area contributed by atoms with Gasteiger partial charge in [0, 0.05) is 21.9 Å². The van der Waals surface area contributed by atoms with Gasteiger partial charge in [-0.15, -0.1) is 0 Å². The summed E-state index contributed by atoms with van der Waals surface area (Å²) >= 11 is 0. The van der Waals surface area contributed by atoms with Gasteiger partial charge in [-0.2, -0.15) is 0 Å². The maximum Gasteiger partial charge on any atom is 0.140 e. The quantitative estimate of drug-likeness (QED) is 0.164. The molecule has 1 nitrogen and oxygen atoms in total. The first-order chi connectivity index (χ1) is 28.8. The maximum atomic E-state index is 7.55. The molecule has 270 valence electrons. The van der Waals surface area contributed by atoms with Crippen LogP contribution < -0.4 is 4.74 Å². The number of ether oxygens (including phenoxy) is 1. The Kier molecular flexibility index (Phi) is 7.21. The monoisotopic (exact) mass is 736 g/mol. The van der Waals surface area contributed by atoms with Gasteiger partial charge in [-0.05, 0) is 76.5 Å². The molecule has 0 atom stereocenters. The lowest BCUT2D eigenvalue weighted by atomic mass is 9.60. The van der Waals surface area contributed by atoms with Gasteiger partial charge in [0.15, 0.2) is 0 Å². The lowest BCUT2D eigenvalue weighted by Crippen LogP contribution is -2.35. The van der Waals surface area contributed by atoms with E-state index in [4.69, 9.17) is 4.74 Å². The minimum Gasteiger partial charge on any atom is -0.455 e. The van der Waals surface area contributed by atoms with Gasteiger partial charge < -0.3 is 4.74 Å². The Labute approximate surface area is 337 Å². The second-order valence-corrected chi connectivity index (χ2v) is 15.5. The second-order valence-electron chi connectivity index (χ2n) is 15.5. The fourth-order valence-electron chi connectivity index (χ4n) is 10.1. The molecule has 0 saturated carbocycles. The van der Waals surface area contributed by atoms with Gasteiger partial charge in [0.2, 0.25) is 0 Å². The Morgan fingerprint density at radius 1 is 0.259 bits per heavy atom. The highest BCUT2D eigenvalue weighted by Crippen LogP contribution is 2.62. The van der Waals surface area contributed by atoms with Crippen molar-refractivity contribution in [3.8, 4) is 33.8 Å². The number of benzene rings is 11. The van der Waals surface area contributed by atoms with Crippen molar-refractivity contribution < 1.29 is 4.74 Å². The average Bonchev–Trinajstić information content (AvgIpc) is 3.31. The number of rotatable bonds is 4. The maximum absolute atomic E-state index is 7.55. The number of hydrogen-bond donors (Lipinski definition) is 0. The van der Waals surface area contributed by atoms with E-state index in [0.29, 0.717) is 0 Å². The van der Waals surface area contributed by atoms with Crippen LogP contribution in [-0.4, -0.2) is 0 Å². The summed E-state index contributed by atoms with van der Waals surface area (Å²) in [6, 6.07) is 80.1. The van der Waals surface area contributed by atoms with Crippen LogP contribution in [0.2, 0.25) is 0 Å². The van der Waals surface area contributed by atoms with Crippen LogP contribution >= 0.6 is 0 Å². The van der Waals surface area contributed by atoms with Gasteiger partial charge in [-0.25, -0.2) is 0 Å². The highest BCUT2D eigenvalue weighted by Gasteiger charge is 2.49. The summed E-state index contributed by atoms with van der Waals surface area (Å²) in [5.41, 5.74) is 8.73. The van der Waals surface area contributed by atoms with E-state index in [1.54, 1.807) is 0 Å². The molecule has 0 N–H and O–H groups in total. The van der Waals surface area contributed by atoms with E-state index in [1.807, 2.05) is 0 Å². The van der Waals surface area contributed by atoms with E-state index in [0.717, 1.165) is 22.3 Å². The van der Waals surface area contributed by atoms with Crippen molar-refractivity contribution in [1.29, 1.82) is 0 Å². The lowest BCUT2D eigenvalue weighted by molar-refractivity contribution is 0.449. The smallest absolute Gasteiger partial charge is 0.140 e. The topological polar surface area (TPSA) is 9.23 Å². The minimum atomic E-state index is -0.789. The van der Waals surface area contributed by atoms with Crippen LogP contribution in [0.25, 0.3) is 76.1 Å². The molecule has 11 aromatic carbocycles. The normalized spacial score (nSPS) is 13.1. The number of fused-ring (bicyclic) bond motifs is 13. The van der Waals surface area contributed by atoms with Gasteiger partial charge in [0.1, 0.15) is 11.5 Å². The summed E-state index contributed by atoms with van der Waals surface area (Å²) in [6.45, 7) is 0. The summed E-state index contributed by atoms with van der Waals surface area (Å²) in [7, 11) is 0. The molecule has 11 aromatic rings. The van der Waals surface area contributed by atoms with Gasteiger partial charge in [-0.3, -0.25) is 0 Å². The van der Waals surface area contributed by atoms with E-state index in [1.165, 1.54) is 87.6 Å². The Morgan fingerprint density at radius 2 is 0.638 bits per heavy atom. The molecule has 12 rings (SSSR count). The Hall–Kier alpha value is -7.48. The predicted molar refractivity (Wildman–Crippen MR) is 243 cm³/mol. The third-order valence-electron chi connectivity index (χ3n) is 12.6. The molecular formula is C57H36O. The zero-order valence-corrected chi connectivity index (χ0v) is 31.7. The molecule has 1 heterocycles. The Bertz CT molecular complexity index is 3270. The molecule has 0 amide bonds. The van der Waals surface area contributed by atoms with Crippen molar-refractivity contribution in [1.82, 2.24) is 0 Å². The first-order valence-corrected chi connectivity index (χ1v) is 20.1. The van der Waals surface area contributed by atoms with Crippen molar-refractivity contribution >= 4 is 53.9 Å². The second kappa shape index (κ2) is 12.8. The largest absolute Gasteiger partial charge is 0.455 e. The summed E-state index contributed by atoms with van der Waals surface area (Å²) in [6.07, 6.45) is 0. The highest BCUT2D eigenvalue weighted by molar-refractivity contribution is 6.18. The molecule has 0 bridgehead atoms. The summed E-state index contributed by atoms with van der Waals surface area (Å²) in [4.78, 5) is 0. The third-order valence-corrected chi connectivity index (χ3v) is 12.6. The van der Waals surface area contributed by atoms with Crippen LogP contribution in [0.4, 0.5) is 0 Å². The Morgan fingerprint density at radius 3 is 1.17 bits per heavy atom. The molecule has 0 aromatic heterocycles. The SMILES string of the molecule is c1ccc(-c2ccc(C3(c4ccc(-c5cccc6ccccc56)cc4)c4c(c5ccccc5c5ccccc45)Oc4c3c3ccccc3c3ccccc43)cc2)cc1. The molecule has 1 aliphatic heterocycles. The highest BCUT2D eigenvalue weighted by atomic mass is 16.5. The molecule has 0 saturated heterocycles. The van der Waals surface area contributed by atoms with E-state index < -0.39 is 5.41 Å². The van der Waals surface area contributed by atoms with E-state index in [2.05, 4.69) is 218 Å². The van der Waals surface area contributed by atoms with Gasteiger partial charge in [0.05, 0.1) is 5.41 Å². The van der Waals surface area contributed by atoms with Crippen molar-refractivity contribution in [2.24, 2.45) is 0 Å². The minimum absolute atomic E-state index is 0.789. The van der Waals surface area contributed by atoms with Gasteiger partial charge in [0.25, 0.3) is 0 Å². The first kappa shape index (κ1) is 32.7. The molecule has 0 spiro atoms. The van der Waals surface area contributed by atoms with E-state index in [-0.39, 0.29) is 0 Å². The van der Waals surface area contributed by atoms with E-state index >= 15 is 0 Å². The third kappa shape index (κ3) is 4.65. The van der Waals surface area contributed by atoms with Crippen LogP contribution in [-0.2, 0) is 5.41 Å². The molecule has 1 aliphatic rings. The fourth-order valence-corrected chi connectivity index (χ4v) is 10.1. The van der Waals surface area contributed by atoms with Gasteiger partial charge >= 0.3 is 0 Å².